The molecule has 7 aromatic rings. The van der Waals surface area contributed by atoms with Crippen LogP contribution in [0.2, 0.25) is 0 Å². The molecule has 0 N–H and O–H groups in total. The van der Waals surface area contributed by atoms with E-state index in [0.717, 1.165) is 63.3 Å². The van der Waals surface area contributed by atoms with Crippen molar-refractivity contribution in [1.29, 1.82) is 0 Å². The van der Waals surface area contributed by atoms with Gasteiger partial charge < -0.3 is 9.30 Å². The van der Waals surface area contributed by atoms with Crippen LogP contribution in [0.3, 0.4) is 0 Å². The first-order chi connectivity index (χ1) is 23.7. The summed E-state index contributed by atoms with van der Waals surface area (Å²) in [4.78, 5) is 4.88. The van der Waals surface area contributed by atoms with E-state index in [4.69, 9.17) is 14.8 Å². The number of fused-ring (bicyclic) bond motifs is 3. The summed E-state index contributed by atoms with van der Waals surface area (Å²) in [6, 6.07) is 38.8. The quantitative estimate of drug-likeness (QED) is 0.129. The maximum absolute atomic E-state index is 6.49. The fraction of sp³-hybridized carbons (Fsp3) is 0.273. The van der Waals surface area contributed by atoms with Gasteiger partial charge in [-0.15, -0.1) is 35.7 Å². The fourth-order valence-corrected chi connectivity index (χ4v) is 6.74. The van der Waals surface area contributed by atoms with E-state index in [1.807, 2.05) is 41.2 Å². The average molecular weight is 840 g/mol. The molecule has 7 rings (SSSR count). The van der Waals surface area contributed by atoms with Crippen LogP contribution >= 0.6 is 0 Å². The molecule has 0 saturated heterocycles. The SMILES string of the molecule is Cc1nn(-c2[c-]c(Oc3[c-]c4c(cc3)c3cc(C(C)C(C)C)ccc3n4-c3cc(CCC(C)C)ccn3)ccc2)c(C)c1-c1ccccc1.[Pt+2]. The third-order valence-electron chi connectivity index (χ3n) is 9.80. The van der Waals surface area contributed by atoms with E-state index in [0.29, 0.717) is 29.3 Å². The summed E-state index contributed by atoms with van der Waals surface area (Å²) in [5.74, 6) is 3.75. The van der Waals surface area contributed by atoms with E-state index < -0.39 is 0 Å². The fourth-order valence-electron chi connectivity index (χ4n) is 6.74. The summed E-state index contributed by atoms with van der Waals surface area (Å²) in [6.45, 7) is 15.6. The van der Waals surface area contributed by atoms with Gasteiger partial charge in [0.1, 0.15) is 5.82 Å². The minimum Gasteiger partial charge on any atom is -0.509 e. The molecule has 4 aromatic carbocycles. The van der Waals surface area contributed by atoms with Crippen LogP contribution < -0.4 is 4.74 Å². The Kier molecular flexibility index (Phi) is 10.5. The minimum atomic E-state index is 0. The molecule has 0 aliphatic heterocycles. The third kappa shape index (κ3) is 6.94. The van der Waals surface area contributed by atoms with Crippen molar-refractivity contribution in [3.05, 3.63) is 132 Å². The Labute approximate surface area is 310 Å². The van der Waals surface area contributed by atoms with Crippen LogP contribution in [-0.4, -0.2) is 19.3 Å². The Hall–Kier alpha value is -4.47. The molecule has 0 saturated carbocycles. The molecule has 3 heterocycles. The van der Waals surface area contributed by atoms with Crippen molar-refractivity contribution in [2.75, 3.05) is 0 Å². The number of nitrogens with zero attached hydrogens (tertiary/aromatic N) is 4. The summed E-state index contributed by atoms with van der Waals surface area (Å²) in [7, 11) is 0. The minimum absolute atomic E-state index is 0. The molecular formula is C44H44N4OPt. The molecule has 6 heteroatoms. The topological polar surface area (TPSA) is 44.9 Å². The smallest absolute Gasteiger partial charge is 0.509 e. The molecule has 0 spiro atoms. The summed E-state index contributed by atoms with van der Waals surface area (Å²) in [6.07, 6.45) is 4.09. The van der Waals surface area contributed by atoms with Crippen LogP contribution in [0.5, 0.6) is 11.5 Å². The Morgan fingerprint density at radius 3 is 2.32 bits per heavy atom. The number of benzene rings is 4. The molecule has 256 valence electrons. The molecule has 0 amide bonds. The van der Waals surface area contributed by atoms with Gasteiger partial charge in [0.2, 0.25) is 0 Å². The third-order valence-corrected chi connectivity index (χ3v) is 9.80. The Balaban J connectivity index is 0.00000432. The number of aryl methyl sites for hydroxylation is 2. The van der Waals surface area contributed by atoms with Crippen LogP contribution in [-0.2, 0) is 27.5 Å². The maximum atomic E-state index is 6.49. The van der Waals surface area contributed by atoms with E-state index >= 15 is 0 Å². The number of pyridine rings is 1. The number of ether oxygens (including phenoxy) is 1. The standard InChI is InChI=1S/C44H44N4O.Pt/c1-28(2)16-17-33-22-23-45-43(24-33)47-41-21-18-35(30(5)29(3)4)25-40(41)39-20-19-38(27-42(39)47)49-37-15-11-14-36(26-37)48-32(7)44(31(6)46-48)34-12-9-8-10-13-34;/h8-15,18-25,28-30H,16-17H2,1-7H3;/q-2;+2. The normalized spacial score (nSPS) is 12.2. The van der Waals surface area contributed by atoms with Gasteiger partial charge in [-0.05, 0) is 90.4 Å². The Morgan fingerprint density at radius 2 is 1.56 bits per heavy atom. The number of rotatable bonds is 10. The zero-order chi connectivity index (χ0) is 34.2. The molecule has 50 heavy (non-hydrogen) atoms. The summed E-state index contributed by atoms with van der Waals surface area (Å²) < 4.78 is 10.7. The Morgan fingerprint density at radius 1 is 0.780 bits per heavy atom. The zero-order valence-corrected chi connectivity index (χ0v) is 32.2. The van der Waals surface area contributed by atoms with Crippen LogP contribution in [0.4, 0.5) is 0 Å². The first-order valence-electron chi connectivity index (χ1n) is 17.5. The Bertz CT molecular complexity index is 2260. The molecule has 0 aliphatic rings. The van der Waals surface area contributed by atoms with Crippen molar-refractivity contribution in [3.63, 3.8) is 0 Å². The van der Waals surface area contributed by atoms with Gasteiger partial charge in [0.15, 0.2) is 0 Å². The van der Waals surface area contributed by atoms with Crippen LogP contribution in [0.25, 0.3) is 44.4 Å². The molecule has 0 fully saturated rings. The van der Waals surface area contributed by atoms with Gasteiger partial charge in [0, 0.05) is 34.5 Å². The second kappa shape index (κ2) is 14.8. The van der Waals surface area contributed by atoms with Crippen molar-refractivity contribution in [2.45, 2.75) is 67.2 Å². The second-order valence-corrected chi connectivity index (χ2v) is 14.0. The number of hydrogen-bond donors (Lipinski definition) is 0. The predicted molar refractivity (Wildman–Crippen MR) is 201 cm³/mol. The molecule has 0 aliphatic carbocycles. The number of aromatic nitrogens is 4. The van der Waals surface area contributed by atoms with Gasteiger partial charge in [-0.2, -0.15) is 17.2 Å². The number of hydrogen-bond acceptors (Lipinski definition) is 3. The van der Waals surface area contributed by atoms with E-state index in [9.17, 15) is 0 Å². The van der Waals surface area contributed by atoms with Gasteiger partial charge in [-0.25, -0.2) is 4.98 Å². The largest absolute Gasteiger partial charge is 2.00 e. The molecular weight excluding hydrogens is 796 g/mol. The molecule has 0 bridgehead atoms. The van der Waals surface area contributed by atoms with E-state index in [1.54, 1.807) is 0 Å². The monoisotopic (exact) mass is 839 g/mol. The first-order valence-corrected chi connectivity index (χ1v) is 17.5. The van der Waals surface area contributed by atoms with Crippen molar-refractivity contribution < 1.29 is 25.8 Å². The van der Waals surface area contributed by atoms with E-state index in [-0.39, 0.29) is 21.1 Å². The summed E-state index contributed by atoms with van der Waals surface area (Å²) in [5.41, 5.74) is 9.83. The van der Waals surface area contributed by atoms with Crippen molar-refractivity contribution >= 4 is 21.8 Å². The van der Waals surface area contributed by atoms with Crippen molar-refractivity contribution in [1.82, 2.24) is 19.3 Å². The van der Waals surface area contributed by atoms with Crippen molar-refractivity contribution in [2.24, 2.45) is 11.8 Å². The predicted octanol–water partition coefficient (Wildman–Crippen LogP) is 11.4. The van der Waals surface area contributed by atoms with Gasteiger partial charge >= 0.3 is 21.1 Å². The molecule has 1 atom stereocenters. The van der Waals surface area contributed by atoms with Crippen LogP contribution in [0.15, 0.2) is 97.2 Å². The van der Waals surface area contributed by atoms with Gasteiger partial charge in [0.25, 0.3) is 0 Å². The first kappa shape index (κ1) is 35.4. The van der Waals surface area contributed by atoms with Crippen molar-refractivity contribution in [3.8, 4) is 34.1 Å². The second-order valence-electron chi connectivity index (χ2n) is 14.0. The van der Waals surface area contributed by atoms with Gasteiger partial charge in [0.05, 0.1) is 5.69 Å². The van der Waals surface area contributed by atoms with Gasteiger partial charge in [-0.1, -0.05) is 82.6 Å². The summed E-state index contributed by atoms with van der Waals surface area (Å²) in [5, 5.41) is 7.21. The van der Waals surface area contributed by atoms with Crippen LogP contribution in [0, 0.1) is 37.8 Å². The molecule has 5 nitrogen and oxygen atoms in total. The van der Waals surface area contributed by atoms with E-state index in [2.05, 4.69) is 126 Å². The summed E-state index contributed by atoms with van der Waals surface area (Å²) >= 11 is 0. The molecule has 3 aromatic heterocycles. The molecule has 1 unspecified atom stereocenters. The van der Waals surface area contributed by atoms with Crippen LogP contribution in [0.1, 0.15) is 69.5 Å². The van der Waals surface area contributed by atoms with E-state index in [1.165, 1.54) is 16.5 Å². The maximum Gasteiger partial charge on any atom is 2.00 e. The average Bonchev–Trinajstić information content (AvgIpc) is 3.59. The van der Waals surface area contributed by atoms with Gasteiger partial charge in [-0.3, -0.25) is 4.68 Å². The zero-order valence-electron chi connectivity index (χ0n) is 29.9. The molecule has 0 radical (unpaired) electrons.